The topological polar surface area (TPSA) is 61.4 Å². The fourth-order valence-corrected chi connectivity index (χ4v) is 0.740. The van der Waals surface area contributed by atoms with E-state index < -0.39 is 0 Å². The number of carbonyl (C=O) groups excluding carboxylic acids is 1. The summed E-state index contributed by atoms with van der Waals surface area (Å²) in [7, 11) is 0. The molecule has 0 rings (SSSR count). The predicted octanol–water partition coefficient (Wildman–Crippen LogP) is -0.659. The Hall–Kier alpha value is -0.610. The van der Waals surface area contributed by atoms with E-state index in [1.165, 1.54) is 6.92 Å². The summed E-state index contributed by atoms with van der Waals surface area (Å²) in [5.74, 6) is 0.273. The first-order valence-electron chi connectivity index (χ1n) is 4.22. The Labute approximate surface area is 73.3 Å². The van der Waals surface area contributed by atoms with E-state index in [2.05, 4.69) is 10.6 Å². The van der Waals surface area contributed by atoms with Gasteiger partial charge < -0.3 is 15.7 Å². The highest BCUT2D eigenvalue weighted by atomic mass is 16.3. The van der Waals surface area contributed by atoms with Gasteiger partial charge in [0.25, 0.3) is 0 Å². The van der Waals surface area contributed by atoms with Crippen LogP contribution in [-0.2, 0) is 4.79 Å². The second-order valence-electron chi connectivity index (χ2n) is 2.97. The normalized spacial score (nSPS) is 12.6. The summed E-state index contributed by atoms with van der Waals surface area (Å²) in [6.07, 6.45) is 0. The molecule has 4 nitrogen and oxygen atoms in total. The standard InChI is InChI=1S/C8H18N2O2/c1-7(6-11)5-9-3-4-10-8(2)12/h7,9,11H,3-6H2,1-2H3,(H,10,12). The van der Waals surface area contributed by atoms with Crippen molar-refractivity contribution in [2.45, 2.75) is 13.8 Å². The van der Waals surface area contributed by atoms with E-state index in [1.807, 2.05) is 6.92 Å². The van der Waals surface area contributed by atoms with E-state index in [0.717, 1.165) is 13.1 Å². The molecule has 0 saturated heterocycles. The number of aliphatic hydroxyl groups is 1. The fraction of sp³-hybridized carbons (Fsp3) is 0.875. The van der Waals surface area contributed by atoms with Crippen LogP contribution in [0, 0.1) is 5.92 Å². The summed E-state index contributed by atoms with van der Waals surface area (Å²) in [5.41, 5.74) is 0. The molecule has 0 heterocycles. The van der Waals surface area contributed by atoms with Gasteiger partial charge in [-0.05, 0) is 12.5 Å². The van der Waals surface area contributed by atoms with Crippen LogP contribution in [0.15, 0.2) is 0 Å². The number of hydrogen-bond acceptors (Lipinski definition) is 3. The van der Waals surface area contributed by atoms with Crippen molar-refractivity contribution in [2.24, 2.45) is 5.92 Å². The van der Waals surface area contributed by atoms with E-state index in [-0.39, 0.29) is 18.4 Å². The molecule has 0 aromatic rings. The van der Waals surface area contributed by atoms with Crippen LogP contribution in [0.1, 0.15) is 13.8 Å². The molecule has 0 aromatic heterocycles. The highest BCUT2D eigenvalue weighted by molar-refractivity contribution is 5.72. The first-order valence-corrected chi connectivity index (χ1v) is 4.22. The molecule has 4 heteroatoms. The molecule has 1 amide bonds. The summed E-state index contributed by atoms with van der Waals surface area (Å²) in [5, 5.41) is 14.5. The van der Waals surface area contributed by atoms with Crippen LogP contribution in [0.2, 0.25) is 0 Å². The first-order chi connectivity index (χ1) is 5.66. The van der Waals surface area contributed by atoms with Crippen LogP contribution >= 0.6 is 0 Å². The summed E-state index contributed by atoms with van der Waals surface area (Å²) in [6, 6.07) is 0. The van der Waals surface area contributed by atoms with Gasteiger partial charge in [0.1, 0.15) is 0 Å². The van der Waals surface area contributed by atoms with E-state index in [1.54, 1.807) is 0 Å². The van der Waals surface area contributed by atoms with Crippen LogP contribution in [0.5, 0.6) is 0 Å². The Bertz CT molecular complexity index is 128. The number of aliphatic hydroxyl groups excluding tert-OH is 1. The molecule has 3 N–H and O–H groups in total. The van der Waals surface area contributed by atoms with Gasteiger partial charge in [-0.3, -0.25) is 4.79 Å². The largest absolute Gasteiger partial charge is 0.396 e. The van der Waals surface area contributed by atoms with Gasteiger partial charge in [-0.15, -0.1) is 0 Å². The van der Waals surface area contributed by atoms with Gasteiger partial charge in [-0.2, -0.15) is 0 Å². The number of amides is 1. The lowest BCUT2D eigenvalue weighted by atomic mass is 10.2. The minimum atomic E-state index is -0.00740. The number of carbonyl (C=O) groups is 1. The monoisotopic (exact) mass is 174 g/mol. The summed E-state index contributed by atoms with van der Waals surface area (Å²) >= 11 is 0. The minimum absolute atomic E-state index is 0.00740. The molecule has 72 valence electrons. The highest BCUT2D eigenvalue weighted by Crippen LogP contribution is 1.87. The molecule has 12 heavy (non-hydrogen) atoms. The summed E-state index contributed by atoms with van der Waals surface area (Å²) < 4.78 is 0. The van der Waals surface area contributed by atoms with E-state index >= 15 is 0 Å². The third-order valence-corrected chi connectivity index (χ3v) is 1.48. The van der Waals surface area contributed by atoms with Crippen molar-refractivity contribution in [1.82, 2.24) is 10.6 Å². The van der Waals surface area contributed by atoms with Crippen molar-refractivity contribution < 1.29 is 9.90 Å². The first kappa shape index (κ1) is 11.4. The molecule has 1 unspecified atom stereocenters. The number of nitrogens with one attached hydrogen (secondary N) is 2. The quantitative estimate of drug-likeness (QED) is 0.468. The highest BCUT2D eigenvalue weighted by Gasteiger charge is 1.97. The van der Waals surface area contributed by atoms with E-state index in [9.17, 15) is 4.79 Å². The molecule has 0 bridgehead atoms. The Morgan fingerprint density at radius 1 is 1.50 bits per heavy atom. The zero-order chi connectivity index (χ0) is 9.40. The number of hydrogen-bond donors (Lipinski definition) is 3. The lowest BCUT2D eigenvalue weighted by Gasteiger charge is -2.09. The fourth-order valence-electron chi connectivity index (χ4n) is 0.740. The van der Waals surface area contributed by atoms with Crippen LogP contribution in [0.4, 0.5) is 0 Å². The van der Waals surface area contributed by atoms with Gasteiger partial charge in [-0.1, -0.05) is 6.92 Å². The van der Waals surface area contributed by atoms with Crippen molar-refractivity contribution in [2.75, 3.05) is 26.2 Å². The zero-order valence-electron chi connectivity index (χ0n) is 7.76. The molecule has 0 aromatic carbocycles. The van der Waals surface area contributed by atoms with Gasteiger partial charge in [0.05, 0.1) is 0 Å². The summed E-state index contributed by atoms with van der Waals surface area (Å²) in [4.78, 5) is 10.4. The SMILES string of the molecule is CC(=O)NCCNCC(C)CO. The molecule has 1 atom stereocenters. The second-order valence-corrected chi connectivity index (χ2v) is 2.97. The smallest absolute Gasteiger partial charge is 0.216 e. The van der Waals surface area contributed by atoms with Crippen LogP contribution in [0.3, 0.4) is 0 Å². The molecular weight excluding hydrogens is 156 g/mol. The van der Waals surface area contributed by atoms with Gasteiger partial charge in [-0.25, -0.2) is 0 Å². The Balaban J connectivity index is 3.05. The average molecular weight is 174 g/mol. The van der Waals surface area contributed by atoms with E-state index in [0.29, 0.717) is 6.54 Å². The predicted molar refractivity (Wildman–Crippen MR) is 47.8 cm³/mol. The van der Waals surface area contributed by atoms with Gasteiger partial charge in [0, 0.05) is 26.6 Å². The van der Waals surface area contributed by atoms with Crippen molar-refractivity contribution in [3.05, 3.63) is 0 Å². The maximum Gasteiger partial charge on any atom is 0.216 e. The second kappa shape index (κ2) is 7.06. The molecule has 0 aliphatic carbocycles. The average Bonchev–Trinajstić information content (AvgIpc) is 2.03. The number of rotatable bonds is 6. The molecule has 0 aliphatic heterocycles. The zero-order valence-corrected chi connectivity index (χ0v) is 7.76. The molecule has 0 aliphatic rings. The molecule has 0 spiro atoms. The molecule has 0 radical (unpaired) electrons. The molecule has 0 fully saturated rings. The Morgan fingerprint density at radius 2 is 2.17 bits per heavy atom. The lowest BCUT2D eigenvalue weighted by molar-refractivity contribution is -0.118. The maximum atomic E-state index is 10.4. The Morgan fingerprint density at radius 3 is 2.67 bits per heavy atom. The molecular formula is C8H18N2O2. The Kier molecular flexibility index (Phi) is 6.70. The van der Waals surface area contributed by atoms with Crippen molar-refractivity contribution >= 4 is 5.91 Å². The lowest BCUT2D eigenvalue weighted by Crippen LogP contribution is -2.32. The maximum absolute atomic E-state index is 10.4. The molecule has 0 saturated carbocycles. The van der Waals surface area contributed by atoms with Crippen molar-refractivity contribution in [3.8, 4) is 0 Å². The third-order valence-electron chi connectivity index (χ3n) is 1.48. The van der Waals surface area contributed by atoms with Crippen molar-refractivity contribution in [1.29, 1.82) is 0 Å². The summed E-state index contributed by atoms with van der Waals surface area (Å²) in [6.45, 7) is 5.85. The van der Waals surface area contributed by atoms with Gasteiger partial charge in [0.2, 0.25) is 5.91 Å². The van der Waals surface area contributed by atoms with Gasteiger partial charge >= 0.3 is 0 Å². The third kappa shape index (κ3) is 7.50. The van der Waals surface area contributed by atoms with Crippen LogP contribution in [-0.4, -0.2) is 37.3 Å². The van der Waals surface area contributed by atoms with Crippen LogP contribution < -0.4 is 10.6 Å². The van der Waals surface area contributed by atoms with E-state index in [4.69, 9.17) is 5.11 Å². The van der Waals surface area contributed by atoms with Gasteiger partial charge in [0.15, 0.2) is 0 Å². The minimum Gasteiger partial charge on any atom is -0.396 e. The van der Waals surface area contributed by atoms with Crippen LogP contribution in [0.25, 0.3) is 0 Å². The van der Waals surface area contributed by atoms with Crippen molar-refractivity contribution in [3.63, 3.8) is 0 Å².